The molecule has 1 aromatic rings. The van der Waals surface area contributed by atoms with Gasteiger partial charge in [0.25, 0.3) is 0 Å². The van der Waals surface area contributed by atoms with Crippen LogP contribution in [0.1, 0.15) is 28.7 Å². The molecule has 1 fully saturated rings. The summed E-state index contributed by atoms with van der Waals surface area (Å²) < 4.78 is 6.54. The Bertz CT molecular complexity index is 298. The summed E-state index contributed by atoms with van der Waals surface area (Å²) in [5.74, 6) is 0. The smallest absolute Gasteiger partial charge is 0.114 e. The lowest BCUT2D eigenvalue weighted by atomic mass is 10.1. The molecule has 78 valence electrons. The molecule has 1 N–H and O–H groups in total. The van der Waals surface area contributed by atoms with Crippen molar-refractivity contribution in [2.75, 3.05) is 6.61 Å². The zero-order valence-corrected chi connectivity index (χ0v) is 10.4. The van der Waals surface area contributed by atoms with Gasteiger partial charge in [-0.1, -0.05) is 0 Å². The highest BCUT2D eigenvalue weighted by atomic mass is 79.9. The Kier molecular flexibility index (Phi) is 3.27. The summed E-state index contributed by atoms with van der Waals surface area (Å²) in [4.78, 5) is 2.21. The van der Waals surface area contributed by atoms with Crippen LogP contribution in [-0.2, 0) is 4.74 Å². The van der Waals surface area contributed by atoms with Crippen molar-refractivity contribution in [2.24, 2.45) is 0 Å². The fourth-order valence-corrected chi connectivity index (χ4v) is 3.26. The van der Waals surface area contributed by atoms with E-state index in [2.05, 4.69) is 15.9 Å². The number of ether oxygens (including phenoxy) is 1. The predicted octanol–water partition coefficient (Wildman–Crippen LogP) is 3.03. The third-order valence-corrected chi connectivity index (χ3v) is 4.69. The molecule has 2 unspecified atom stereocenters. The molecule has 2 heterocycles. The summed E-state index contributed by atoms with van der Waals surface area (Å²) in [6, 6.07) is 1.99. The van der Waals surface area contributed by atoms with Crippen molar-refractivity contribution in [3.8, 4) is 0 Å². The van der Waals surface area contributed by atoms with Crippen LogP contribution in [0.2, 0.25) is 0 Å². The first kappa shape index (κ1) is 10.6. The standard InChI is InChI=1S/C10H13BrO2S/c1-6-7(11)5-9(14-6)10(12)8-3-2-4-13-8/h5,8,10,12H,2-4H2,1H3. The van der Waals surface area contributed by atoms with Crippen LogP contribution in [0.15, 0.2) is 10.5 Å². The van der Waals surface area contributed by atoms with E-state index in [1.807, 2.05) is 13.0 Å². The van der Waals surface area contributed by atoms with Crippen LogP contribution in [0.4, 0.5) is 0 Å². The van der Waals surface area contributed by atoms with Crippen LogP contribution in [-0.4, -0.2) is 17.8 Å². The summed E-state index contributed by atoms with van der Waals surface area (Å²) in [6.45, 7) is 2.83. The van der Waals surface area contributed by atoms with E-state index in [9.17, 15) is 5.11 Å². The van der Waals surface area contributed by atoms with Crippen molar-refractivity contribution < 1.29 is 9.84 Å². The molecule has 0 aliphatic carbocycles. The molecule has 0 amide bonds. The highest BCUT2D eigenvalue weighted by molar-refractivity contribution is 9.10. The Morgan fingerprint density at radius 3 is 3.00 bits per heavy atom. The van der Waals surface area contributed by atoms with Gasteiger partial charge in [-0.15, -0.1) is 11.3 Å². The number of aryl methyl sites for hydroxylation is 1. The largest absolute Gasteiger partial charge is 0.385 e. The maximum atomic E-state index is 10.0. The van der Waals surface area contributed by atoms with Crippen LogP contribution in [0, 0.1) is 6.92 Å². The predicted molar refractivity (Wildman–Crippen MR) is 60.7 cm³/mol. The molecule has 1 aromatic heterocycles. The number of thiophene rings is 1. The summed E-state index contributed by atoms with van der Waals surface area (Å²) >= 11 is 5.08. The number of halogens is 1. The Morgan fingerprint density at radius 1 is 1.71 bits per heavy atom. The van der Waals surface area contributed by atoms with Gasteiger partial charge < -0.3 is 9.84 Å². The lowest BCUT2D eigenvalue weighted by Gasteiger charge is -2.15. The molecule has 0 bridgehead atoms. The molecule has 1 saturated heterocycles. The van der Waals surface area contributed by atoms with Crippen molar-refractivity contribution in [3.63, 3.8) is 0 Å². The first-order valence-corrected chi connectivity index (χ1v) is 6.35. The Morgan fingerprint density at radius 2 is 2.50 bits per heavy atom. The van der Waals surface area contributed by atoms with E-state index in [4.69, 9.17) is 4.74 Å². The van der Waals surface area contributed by atoms with Gasteiger partial charge in [0, 0.05) is 20.8 Å². The van der Waals surface area contributed by atoms with Crippen LogP contribution in [0.5, 0.6) is 0 Å². The maximum absolute atomic E-state index is 10.0. The van der Waals surface area contributed by atoms with E-state index in [0.29, 0.717) is 0 Å². The second-order valence-electron chi connectivity index (χ2n) is 3.55. The number of rotatable bonds is 2. The molecule has 14 heavy (non-hydrogen) atoms. The molecule has 1 aliphatic rings. The Hall–Kier alpha value is 0.100. The minimum absolute atomic E-state index is 0.0000463. The van der Waals surface area contributed by atoms with Gasteiger partial charge >= 0.3 is 0 Å². The van der Waals surface area contributed by atoms with E-state index in [1.54, 1.807) is 11.3 Å². The summed E-state index contributed by atoms with van der Waals surface area (Å²) in [7, 11) is 0. The monoisotopic (exact) mass is 276 g/mol. The number of aliphatic hydroxyl groups excluding tert-OH is 1. The number of hydrogen-bond donors (Lipinski definition) is 1. The van der Waals surface area contributed by atoms with Crippen molar-refractivity contribution in [1.29, 1.82) is 0 Å². The van der Waals surface area contributed by atoms with E-state index in [0.717, 1.165) is 28.8 Å². The quantitative estimate of drug-likeness (QED) is 0.900. The fourth-order valence-electron chi connectivity index (χ4n) is 1.66. The Balaban J connectivity index is 2.13. The van der Waals surface area contributed by atoms with Crippen LogP contribution in [0.25, 0.3) is 0 Å². The van der Waals surface area contributed by atoms with Crippen LogP contribution in [0.3, 0.4) is 0 Å². The lowest BCUT2D eigenvalue weighted by Crippen LogP contribution is -2.15. The zero-order valence-electron chi connectivity index (χ0n) is 8.00. The van der Waals surface area contributed by atoms with Crippen molar-refractivity contribution in [2.45, 2.75) is 32.0 Å². The van der Waals surface area contributed by atoms with E-state index >= 15 is 0 Å². The summed E-state index contributed by atoms with van der Waals surface area (Å²) in [5.41, 5.74) is 0. The fraction of sp³-hybridized carbons (Fsp3) is 0.600. The first-order valence-electron chi connectivity index (χ1n) is 4.74. The number of aliphatic hydroxyl groups is 1. The van der Waals surface area contributed by atoms with Crippen LogP contribution >= 0.6 is 27.3 Å². The van der Waals surface area contributed by atoms with Gasteiger partial charge in [0.1, 0.15) is 6.10 Å². The van der Waals surface area contributed by atoms with Gasteiger partial charge in [-0.25, -0.2) is 0 Å². The lowest BCUT2D eigenvalue weighted by molar-refractivity contribution is -0.000788. The molecule has 2 nitrogen and oxygen atoms in total. The van der Waals surface area contributed by atoms with Crippen molar-refractivity contribution in [1.82, 2.24) is 0 Å². The van der Waals surface area contributed by atoms with Gasteiger partial charge in [0.05, 0.1) is 6.10 Å². The topological polar surface area (TPSA) is 29.5 Å². The molecular formula is C10H13BrO2S. The summed E-state index contributed by atoms with van der Waals surface area (Å²) in [5, 5.41) is 10.0. The highest BCUT2D eigenvalue weighted by Gasteiger charge is 2.26. The van der Waals surface area contributed by atoms with Gasteiger partial charge in [-0.3, -0.25) is 0 Å². The van der Waals surface area contributed by atoms with Crippen molar-refractivity contribution in [3.05, 3.63) is 20.3 Å². The second-order valence-corrected chi connectivity index (χ2v) is 5.69. The Labute approximate surface area is 96.0 Å². The van der Waals surface area contributed by atoms with Crippen molar-refractivity contribution >= 4 is 27.3 Å². The molecule has 2 rings (SSSR count). The van der Waals surface area contributed by atoms with E-state index in [1.165, 1.54) is 4.88 Å². The van der Waals surface area contributed by atoms with E-state index in [-0.39, 0.29) is 6.10 Å². The second kappa shape index (κ2) is 4.31. The van der Waals surface area contributed by atoms with Gasteiger partial charge in [0.2, 0.25) is 0 Å². The third kappa shape index (κ3) is 2.03. The minimum atomic E-state index is -0.451. The minimum Gasteiger partial charge on any atom is -0.385 e. The summed E-state index contributed by atoms with van der Waals surface area (Å²) in [6.07, 6.45) is 1.58. The van der Waals surface area contributed by atoms with Gasteiger partial charge in [0.15, 0.2) is 0 Å². The highest BCUT2D eigenvalue weighted by Crippen LogP contribution is 2.35. The maximum Gasteiger partial charge on any atom is 0.114 e. The van der Waals surface area contributed by atoms with Gasteiger partial charge in [-0.2, -0.15) is 0 Å². The van der Waals surface area contributed by atoms with Gasteiger partial charge in [-0.05, 0) is 41.8 Å². The SMILES string of the molecule is Cc1sc(C(O)C2CCCO2)cc1Br. The van der Waals surface area contributed by atoms with Crippen LogP contribution < -0.4 is 0 Å². The first-order chi connectivity index (χ1) is 6.68. The number of hydrogen-bond acceptors (Lipinski definition) is 3. The molecule has 4 heteroatoms. The molecule has 0 saturated carbocycles. The van der Waals surface area contributed by atoms with E-state index < -0.39 is 6.10 Å². The molecule has 0 aromatic carbocycles. The molecule has 1 aliphatic heterocycles. The normalized spacial score (nSPS) is 24.1. The molecule has 0 radical (unpaired) electrons. The molecular weight excluding hydrogens is 264 g/mol. The third-order valence-electron chi connectivity index (χ3n) is 2.48. The average Bonchev–Trinajstić information content (AvgIpc) is 2.76. The average molecular weight is 277 g/mol. The molecule has 0 spiro atoms. The molecule has 2 atom stereocenters. The zero-order chi connectivity index (χ0) is 10.1.